The maximum absolute atomic E-state index is 6.10. The minimum absolute atomic E-state index is 0.354. The summed E-state index contributed by atoms with van der Waals surface area (Å²) in [6, 6.07) is 19.4. The predicted octanol–water partition coefficient (Wildman–Crippen LogP) is 3.13. The highest BCUT2D eigenvalue weighted by atomic mass is 15.3. The van der Waals surface area contributed by atoms with Gasteiger partial charge in [-0.25, -0.2) is 0 Å². The highest BCUT2D eigenvalue weighted by molar-refractivity contribution is 5.97. The van der Waals surface area contributed by atoms with E-state index in [1.807, 2.05) is 0 Å². The number of benzene rings is 2. The highest BCUT2D eigenvalue weighted by Gasteiger charge is 2.26. The van der Waals surface area contributed by atoms with Gasteiger partial charge in [0.25, 0.3) is 0 Å². The molecular formula is C18H21N3. The number of rotatable bonds is 4. The van der Waals surface area contributed by atoms with Crippen molar-refractivity contribution in [1.29, 1.82) is 0 Å². The van der Waals surface area contributed by atoms with Gasteiger partial charge in [0.1, 0.15) is 0 Å². The Morgan fingerprint density at radius 1 is 1.14 bits per heavy atom. The van der Waals surface area contributed by atoms with Crippen molar-refractivity contribution >= 4 is 11.6 Å². The zero-order valence-corrected chi connectivity index (χ0v) is 12.4. The Bertz CT molecular complexity index is 634. The standard InChI is InChI=1S/C18H21N3/c1-14-6-5-9-16(12-14)21-17(13-20-18(21)19)11-10-15-7-3-2-4-8-15/h2-9,12,17H,10-11,13H2,1H3,(H2,19,20). The number of nitrogens with zero attached hydrogens (tertiary/aromatic N) is 2. The maximum Gasteiger partial charge on any atom is 0.196 e. The van der Waals surface area contributed by atoms with E-state index < -0.39 is 0 Å². The molecule has 1 aliphatic heterocycles. The fourth-order valence-corrected chi connectivity index (χ4v) is 2.86. The molecule has 0 amide bonds. The molecule has 3 rings (SSSR count). The lowest BCUT2D eigenvalue weighted by atomic mass is 10.0. The van der Waals surface area contributed by atoms with Gasteiger partial charge >= 0.3 is 0 Å². The molecule has 1 heterocycles. The third-order valence-electron chi connectivity index (χ3n) is 3.96. The van der Waals surface area contributed by atoms with Crippen molar-refractivity contribution < 1.29 is 0 Å². The topological polar surface area (TPSA) is 41.6 Å². The summed E-state index contributed by atoms with van der Waals surface area (Å²) in [5, 5.41) is 0. The van der Waals surface area contributed by atoms with Gasteiger partial charge in [0, 0.05) is 5.69 Å². The molecular weight excluding hydrogens is 258 g/mol. The summed E-state index contributed by atoms with van der Waals surface area (Å²) >= 11 is 0. The molecule has 1 aliphatic rings. The molecule has 2 N–H and O–H groups in total. The van der Waals surface area contributed by atoms with Gasteiger partial charge in [0.15, 0.2) is 5.96 Å². The number of aryl methyl sites for hydroxylation is 2. The number of anilines is 1. The zero-order valence-electron chi connectivity index (χ0n) is 12.4. The fourth-order valence-electron chi connectivity index (χ4n) is 2.86. The molecule has 1 unspecified atom stereocenters. The highest BCUT2D eigenvalue weighted by Crippen LogP contribution is 2.24. The molecule has 0 aromatic heterocycles. The van der Waals surface area contributed by atoms with Crippen molar-refractivity contribution in [1.82, 2.24) is 0 Å². The van der Waals surface area contributed by atoms with Gasteiger partial charge in [-0.3, -0.25) is 4.99 Å². The summed E-state index contributed by atoms with van der Waals surface area (Å²) < 4.78 is 0. The van der Waals surface area contributed by atoms with E-state index in [9.17, 15) is 0 Å². The van der Waals surface area contributed by atoms with Gasteiger partial charge in [0.2, 0.25) is 0 Å². The molecule has 0 bridgehead atoms. The summed E-state index contributed by atoms with van der Waals surface area (Å²) in [6.07, 6.45) is 2.11. The van der Waals surface area contributed by atoms with E-state index in [1.54, 1.807) is 0 Å². The molecule has 0 spiro atoms. The molecule has 3 nitrogen and oxygen atoms in total. The van der Waals surface area contributed by atoms with Crippen LogP contribution in [0.3, 0.4) is 0 Å². The third kappa shape index (κ3) is 3.07. The summed E-state index contributed by atoms with van der Waals surface area (Å²) in [4.78, 5) is 6.61. The van der Waals surface area contributed by atoms with E-state index in [1.165, 1.54) is 11.1 Å². The first kappa shape index (κ1) is 13.7. The van der Waals surface area contributed by atoms with Crippen molar-refractivity contribution in [2.24, 2.45) is 10.7 Å². The first-order valence-corrected chi connectivity index (χ1v) is 7.44. The molecule has 0 saturated heterocycles. The van der Waals surface area contributed by atoms with Gasteiger partial charge in [-0.2, -0.15) is 0 Å². The van der Waals surface area contributed by atoms with E-state index in [-0.39, 0.29) is 0 Å². The normalized spacial score (nSPS) is 17.9. The number of hydrogen-bond acceptors (Lipinski definition) is 3. The molecule has 3 heteroatoms. The molecule has 0 aliphatic carbocycles. The Balaban J connectivity index is 1.73. The molecule has 2 aromatic rings. The first-order valence-electron chi connectivity index (χ1n) is 7.44. The average Bonchev–Trinajstić information content (AvgIpc) is 2.87. The minimum Gasteiger partial charge on any atom is -0.370 e. The first-order chi connectivity index (χ1) is 10.2. The smallest absolute Gasteiger partial charge is 0.196 e. The van der Waals surface area contributed by atoms with Gasteiger partial charge in [-0.05, 0) is 43.0 Å². The van der Waals surface area contributed by atoms with Crippen LogP contribution < -0.4 is 10.6 Å². The van der Waals surface area contributed by atoms with Crippen LogP contribution in [0.4, 0.5) is 5.69 Å². The van der Waals surface area contributed by atoms with Crippen LogP contribution in [-0.4, -0.2) is 18.5 Å². The second-order valence-corrected chi connectivity index (χ2v) is 5.59. The van der Waals surface area contributed by atoms with Crippen LogP contribution in [0.2, 0.25) is 0 Å². The SMILES string of the molecule is Cc1cccc(N2C(N)=NCC2CCc2ccccc2)c1. The van der Waals surface area contributed by atoms with Gasteiger partial charge in [-0.15, -0.1) is 0 Å². The summed E-state index contributed by atoms with van der Waals surface area (Å²) in [5.74, 6) is 0.638. The van der Waals surface area contributed by atoms with E-state index >= 15 is 0 Å². The second-order valence-electron chi connectivity index (χ2n) is 5.59. The zero-order chi connectivity index (χ0) is 14.7. The van der Waals surface area contributed by atoms with Crippen LogP contribution >= 0.6 is 0 Å². The Labute approximate surface area is 126 Å². The predicted molar refractivity (Wildman–Crippen MR) is 88.7 cm³/mol. The largest absolute Gasteiger partial charge is 0.370 e. The molecule has 1 atom stereocenters. The maximum atomic E-state index is 6.10. The van der Waals surface area contributed by atoms with Crippen LogP contribution in [0.15, 0.2) is 59.6 Å². The fraction of sp³-hybridized carbons (Fsp3) is 0.278. The second kappa shape index (κ2) is 6.00. The van der Waals surface area contributed by atoms with Crippen LogP contribution in [0, 0.1) is 6.92 Å². The molecule has 21 heavy (non-hydrogen) atoms. The number of nitrogens with two attached hydrogens (primary N) is 1. The number of aliphatic imine (C=N–C) groups is 1. The van der Waals surface area contributed by atoms with E-state index in [0.717, 1.165) is 25.1 Å². The summed E-state index contributed by atoms with van der Waals surface area (Å²) in [7, 11) is 0. The van der Waals surface area contributed by atoms with Gasteiger partial charge in [0.05, 0.1) is 12.6 Å². The lowest BCUT2D eigenvalue weighted by molar-refractivity contribution is 0.643. The molecule has 0 radical (unpaired) electrons. The Morgan fingerprint density at radius 3 is 2.71 bits per heavy atom. The third-order valence-corrected chi connectivity index (χ3v) is 3.96. The summed E-state index contributed by atoms with van der Waals surface area (Å²) in [5.41, 5.74) is 9.85. The Morgan fingerprint density at radius 2 is 1.95 bits per heavy atom. The van der Waals surface area contributed by atoms with Crippen LogP contribution in [0.25, 0.3) is 0 Å². The number of guanidine groups is 1. The average molecular weight is 279 g/mol. The monoisotopic (exact) mass is 279 g/mol. The van der Waals surface area contributed by atoms with Crippen molar-refractivity contribution in [3.63, 3.8) is 0 Å². The van der Waals surface area contributed by atoms with Crippen LogP contribution in [0.5, 0.6) is 0 Å². The van der Waals surface area contributed by atoms with E-state index in [0.29, 0.717) is 12.0 Å². The molecule has 0 fully saturated rings. The minimum atomic E-state index is 0.354. The lowest BCUT2D eigenvalue weighted by Crippen LogP contribution is -2.41. The lowest BCUT2D eigenvalue weighted by Gasteiger charge is -2.26. The van der Waals surface area contributed by atoms with E-state index in [4.69, 9.17) is 5.73 Å². The van der Waals surface area contributed by atoms with Crippen molar-refractivity contribution in [2.45, 2.75) is 25.8 Å². The van der Waals surface area contributed by atoms with Crippen molar-refractivity contribution in [2.75, 3.05) is 11.4 Å². The summed E-state index contributed by atoms with van der Waals surface area (Å²) in [6.45, 7) is 2.89. The molecule has 108 valence electrons. The van der Waals surface area contributed by atoms with Gasteiger partial charge in [-0.1, -0.05) is 42.5 Å². The van der Waals surface area contributed by atoms with E-state index in [2.05, 4.69) is 71.4 Å². The number of hydrogen-bond donors (Lipinski definition) is 1. The molecule has 0 saturated carbocycles. The van der Waals surface area contributed by atoms with Crippen LogP contribution in [0.1, 0.15) is 17.5 Å². The van der Waals surface area contributed by atoms with Crippen molar-refractivity contribution in [3.8, 4) is 0 Å². The Hall–Kier alpha value is -2.29. The van der Waals surface area contributed by atoms with Crippen LogP contribution in [-0.2, 0) is 6.42 Å². The van der Waals surface area contributed by atoms with Gasteiger partial charge < -0.3 is 10.6 Å². The molecule has 2 aromatic carbocycles. The quantitative estimate of drug-likeness (QED) is 0.934. The Kier molecular flexibility index (Phi) is 3.91. The van der Waals surface area contributed by atoms with Crippen molar-refractivity contribution in [3.05, 3.63) is 65.7 Å².